The monoisotopic (exact) mass is 445 g/mol. The van der Waals surface area contributed by atoms with Crippen LogP contribution in [0.4, 0.5) is 5.13 Å². The van der Waals surface area contributed by atoms with Crippen molar-refractivity contribution in [2.75, 3.05) is 50.5 Å². The van der Waals surface area contributed by atoms with Crippen LogP contribution in [0.2, 0.25) is 0 Å². The Hall–Kier alpha value is -2.33. The van der Waals surface area contributed by atoms with Crippen LogP contribution in [0, 0.1) is 0 Å². The van der Waals surface area contributed by atoms with Crippen molar-refractivity contribution >= 4 is 42.4 Å². The quantitative estimate of drug-likeness (QED) is 0.580. The van der Waals surface area contributed by atoms with Gasteiger partial charge in [0, 0.05) is 38.0 Å². The Balaban J connectivity index is 1.70. The van der Waals surface area contributed by atoms with Crippen LogP contribution >= 0.6 is 11.3 Å². The summed E-state index contributed by atoms with van der Waals surface area (Å²) in [6.07, 6.45) is 1.17. The van der Waals surface area contributed by atoms with E-state index in [0.717, 1.165) is 17.8 Å². The molecule has 1 aliphatic rings. The van der Waals surface area contributed by atoms with Crippen LogP contribution in [0.3, 0.4) is 0 Å². The highest BCUT2D eigenvalue weighted by Gasteiger charge is 2.24. The summed E-state index contributed by atoms with van der Waals surface area (Å²) in [5, 5.41) is 0.503. The van der Waals surface area contributed by atoms with Crippen molar-refractivity contribution in [3.8, 4) is 0 Å². The fraction of sp³-hybridized carbons (Fsp3) is 0.333. The van der Waals surface area contributed by atoms with E-state index in [9.17, 15) is 13.2 Å². The highest BCUT2D eigenvalue weighted by atomic mass is 32.2. The molecule has 2 aromatic carbocycles. The van der Waals surface area contributed by atoms with Crippen LogP contribution in [-0.4, -0.2) is 69.9 Å². The summed E-state index contributed by atoms with van der Waals surface area (Å²) in [6.45, 7) is 4.17. The first kappa shape index (κ1) is 20.9. The topological polar surface area (TPSA) is 79.8 Å². The number of benzene rings is 2. The number of anilines is 1. The minimum atomic E-state index is -3.43. The molecule has 9 heteroatoms. The fourth-order valence-electron chi connectivity index (χ4n) is 3.41. The molecule has 0 atom stereocenters. The van der Waals surface area contributed by atoms with Crippen LogP contribution in [0.15, 0.2) is 53.4 Å². The van der Waals surface area contributed by atoms with Gasteiger partial charge in [-0.25, -0.2) is 13.4 Å². The molecule has 1 amide bonds. The van der Waals surface area contributed by atoms with Gasteiger partial charge in [-0.3, -0.25) is 14.6 Å². The van der Waals surface area contributed by atoms with Crippen LogP contribution in [0.25, 0.3) is 10.2 Å². The van der Waals surface area contributed by atoms with E-state index in [2.05, 4.69) is 9.88 Å². The number of thiazole rings is 1. The second-order valence-corrected chi connectivity index (χ2v) is 10.1. The van der Waals surface area contributed by atoms with Crippen molar-refractivity contribution < 1.29 is 17.9 Å². The predicted octanol–water partition coefficient (Wildman–Crippen LogP) is 2.68. The van der Waals surface area contributed by atoms with Crippen molar-refractivity contribution in [2.24, 2.45) is 0 Å². The first-order valence-electron chi connectivity index (χ1n) is 9.70. The van der Waals surface area contributed by atoms with E-state index < -0.39 is 9.84 Å². The Morgan fingerprint density at radius 1 is 1.13 bits per heavy atom. The smallest absolute Gasteiger partial charge is 0.260 e. The molecule has 1 saturated heterocycles. The standard InChI is InChI=1S/C21H23N3O4S2/c1-30(26,27)18-9-5-8-17-19(18)22-21(29-17)24(11-10-23-12-14-28-15-13-23)20(25)16-6-3-2-4-7-16/h2-9H,10-15H2,1H3. The molecule has 0 saturated carbocycles. The number of fused-ring (bicyclic) bond motifs is 1. The summed E-state index contributed by atoms with van der Waals surface area (Å²) < 4.78 is 30.5. The van der Waals surface area contributed by atoms with Gasteiger partial charge in [0.1, 0.15) is 5.52 Å². The predicted molar refractivity (Wildman–Crippen MR) is 118 cm³/mol. The zero-order valence-corrected chi connectivity index (χ0v) is 18.3. The van der Waals surface area contributed by atoms with Crippen molar-refractivity contribution in [2.45, 2.75) is 4.90 Å². The Bertz CT molecular complexity index is 1140. The molecule has 3 aromatic rings. The summed E-state index contributed by atoms with van der Waals surface area (Å²) in [7, 11) is -3.43. The molecule has 0 spiro atoms. The SMILES string of the molecule is CS(=O)(=O)c1cccc2sc(N(CCN3CCOCC3)C(=O)c3ccccc3)nc12. The number of morpholine rings is 1. The number of amides is 1. The van der Waals surface area contributed by atoms with Crippen LogP contribution in [-0.2, 0) is 14.6 Å². The van der Waals surface area contributed by atoms with Crippen molar-refractivity contribution in [3.63, 3.8) is 0 Å². The lowest BCUT2D eigenvalue weighted by atomic mass is 10.2. The van der Waals surface area contributed by atoms with Gasteiger partial charge in [0.25, 0.3) is 5.91 Å². The van der Waals surface area contributed by atoms with E-state index in [0.29, 0.717) is 42.5 Å². The van der Waals surface area contributed by atoms with Gasteiger partial charge in [0.2, 0.25) is 0 Å². The Labute approximate surface area is 179 Å². The minimum absolute atomic E-state index is 0.149. The van der Waals surface area contributed by atoms with Gasteiger partial charge < -0.3 is 4.74 Å². The molecule has 0 radical (unpaired) electrons. The largest absolute Gasteiger partial charge is 0.379 e. The molecule has 2 heterocycles. The van der Waals surface area contributed by atoms with Crippen molar-refractivity contribution in [1.29, 1.82) is 0 Å². The molecular formula is C21H23N3O4S2. The summed E-state index contributed by atoms with van der Waals surface area (Å²) in [5.74, 6) is -0.149. The maximum Gasteiger partial charge on any atom is 0.260 e. The number of rotatable bonds is 6. The Morgan fingerprint density at radius 2 is 1.87 bits per heavy atom. The van der Waals surface area contributed by atoms with Crippen LogP contribution < -0.4 is 4.90 Å². The average molecular weight is 446 g/mol. The minimum Gasteiger partial charge on any atom is -0.379 e. The lowest BCUT2D eigenvalue weighted by Crippen LogP contribution is -2.43. The number of hydrogen-bond acceptors (Lipinski definition) is 7. The van der Waals surface area contributed by atoms with E-state index in [1.54, 1.807) is 29.2 Å². The summed E-state index contributed by atoms with van der Waals surface area (Å²) >= 11 is 1.33. The summed E-state index contributed by atoms with van der Waals surface area (Å²) in [4.78, 5) is 22.0. The molecule has 0 N–H and O–H groups in total. The highest BCUT2D eigenvalue weighted by molar-refractivity contribution is 7.91. The van der Waals surface area contributed by atoms with Gasteiger partial charge >= 0.3 is 0 Å². The molecule has 1 aliphatic heterocycles. The van der Waals surface area contributed by atoms with E-state index in [1.807, 2.05) is 24.3 Å². The molecule has 0 bridgehead atoms. The number of sulfone groups is 1. The van der Waals surface area contributed by atoms with E-state index in [1.165, 1.54) is 17.6 Å². The molecule has 1 fully saturated rings. The average Bonchev–Trinajstić information content (AvgIpc) is 3.18. The molecule has 0 unspecified atom stereocenters. The van der Waals surface area contributed by atoms with E-state index >= 15 is 0 Å². The molecule has 1 aromatic heterocycles. The Kier molecular flexibility index (Phi) is 6.14. The number of carbonyl (C=O) groups excluding carboxylic acids is 1. The molecule has 7 nitrogen and oxygen atoms in total. The molecule has 30 heavy (non-hydrogen) atoms. The number of ether oxygens (including phenoxy) is 1. The van der Waals surface area contributed by atoms with E-state index in [-0.39, 0.29) is 10.8 Å². The van der Waals surface area contributed by atoms with E-state index in [4.69, 9.17) is 4.74 Å². The van der Waals surface area contributed by atoms with Gasteiger partial charge in [-0.1, -0.05) is 35.6 Å². The summed E-state index contributed by atoms with van der Waals surface area (Å²) in [5.41, 5.74) is 0.985. The number of aromatic nitrogens is 1. The normalized spacial score (nSPS) is 15.4. The summed E-state index contributed by atoms with van der Waals surface area (Å²) in [6, 6.07) is 14.2. The maximum atomic E-state index is 13.3. The third-order valence-corrected chi connectivity index (χ3v) is 7.18. The van der Waals surface area contributed by atoms with Crippen molar-refractivity contribution in [3.05, 3.63) is 54.1 Å². The zero-order chi connectivity index (χ0) is 21.1. The molecule has 158 valence electrons. The van der Waals surface area contributed by atoms with Crippen LogP contribution in [0.1, 0.15) is 10.4 Å². The Morgan fingerprint density at radius 3 is 2.57 bits per heavy atom. The third-order valence-electron chi connectivity index (χ3n) is 5.01. The van der Waals surface area contributed by atoms with Gasteiger partial charge in [-0.05, 0) is 24.3 Å². The zero-order valence-electron chi connectivity index (χ0n) is 16.7. The second-order valence-electron chi connectivity index (χ2n) is 7.15. The second kappa shape index (κ2) is 8.81. The van der Waals surface area contributed by atoms with Crippen LogP contribution in [0.5, 0.6) is 0 Å². The molecular weight excluding hydrogens is 422 g/mol. The van der Waals surface area contributed by atoms with Gasteiger partial charge in [0.15, 0.2) is 15.0 Å². The number of carbonyl (C=O) groups is 1. The number of nitrogens with zero attached hydrogens (tertiary/aromatic N) is 3. The fourth-order valence-corrected chi connectivity index (χ4v) is 5.33. The number of hydrogen-bond donors (Lipinski definition) is 0. The highest BCUT2D eigenvalue weighted by Crippen LogP contribution is 2.33. The van der Waals surface area contributed by atoms with Gasteiger partial charge in [0.05, 0.1) is 22.8 Å². The third kappa shape index (κ3) is 4.54. The molecule has 4 rings (SSSR count). The lowest BCUT2D eigenvalue weighted by molar-refractivity contribution is 0.0391. The maximum absolute atomic E-state index is 13.3. The first-order chi connectivity index (χ1) is 14.4. The van der Waals surface area contributed by atoms with Crippen molar-refractivity contribution in [1.82, 2.24) is 9.88 Å². The number of para-hydroxylation sites is 1. The van der Waals surface area contributed by atoms with Gasteiger partial charge in [-0.15, -0.1) is 0 Å². The van der Waals surface area contributed by atoms with Gasteiger partial charge in [-0.2, -0.15) is 0 Å². The first-order valence-corrected chi connectivity index (χ1v) is 12.4. The lowest BCUT2D eigenvalue weighted by Gasteiger charge is -2.29. The molecule has 0 aliphatic carbocycles.